The lowest BCUT2D eigenvalue weighted by Crippen LogP contribution is -2.23. The van der Waals surface area contributed by atoms with Crippen LogP contribution in [0.3, 0.4) is 0 Å². The normalized spacial score (nSPS) is 11.3. The second-order valence-electron chi connectivity index (χ2n) is 4.92. The van der Waals surface area contributed by atoms with E-state index < -0.39 is 0 Å². The highest BCUT2D eigenvalue weighted by molar-refractivity contribution is 7.15. The molecule has 4 rings (SSSR count). The lowest BCUT2D eigenvalue weighted by atomic mass is 10.2. The number of halogens is 1. The smallest absolute Gasteiger partial charge is 0.268 e. The first-order valence-electron chi connectivity index (χ1n) is 6.66. The highest BCUT2D eigenvalue weighted by Gasteiger charge is 2.10. The lowest BCUT2D eigenvalue weighted by Gasteiger charge is -2.00. The van der Waals surface area contributed by atoms with Crippen molar-refractivity contribution in [3.63, 3.8) is 0 Å². The number of H-pyrrole nitrogens is 1. The fourth-order valence-corrected chi connectivity index (χ4v) is 3.25. The number of amides is 1. The minimum Gasteiger partial charge on any atom is -0.351 e. The van der Waals surface area contributed by atoms with E-state index in [-0.39, 0.29) is 5.91 Å². The van der Waals surface area contributed by atoms with Crippen LogP contribution in [0, 0.1) is 0 Å². The number of fused-ring (bicyclic) bond motifs is 2. The zero-order valence-corrected chi connectivity index (χ0v) is 12.9. The Morgan fingerprint density at radius 1 is 1.41 bits per heavy atom. The average molecular weight is 331 g/mol. The maximum atomic E-state index is 12.2. The number of thiazole rings is 1. The van der Waals surface area contributed by atoms with E-state index >= 15 is 0 Å². The van der Waals surface area contributed by atoms with Crippen LogP contribution in [-0.2, 0) is 6.54 Å². The van der Waals surface area contributed by atoms with Crippen molar-refractivity contribution in [3.05, 3.63) is 58.4 Å². The van der Waals surface area contributed by atoms with Gasteiger partial charge < -0.3 is 10.3 Å². The first kappa shape index (κ1) is 13.4. The Morgan fingerprint density at radius 2 is 2.32 bits per heavy atom. The molecule has 4 aromatic rings. The van der Waals surface area contributed by atoms with Crippen LogP contribution in [0.5, 0.6) is 0 Å². The van der Waals surface area contributed by atoms with Gasteiger partial charge in [-0.25, -0.2) is 4.98 Å². The molecule has 3 aromatic heterocycles. The van der Waals surface area contributed by atoms with E-state index in [0.29, 0.717) is 17.3 Å². The first-order valence-corrected chi connectivity index (χ1v) is 7.92. The van der Waals surface area contributed by atoms with Crippen molar-refractivity contribution in [2.75, 3.05) is 0 Å². The fraction of sp³-hybridized carbons (Fsp3) is 0.0667. The molecule has 22 heavy (non-hydrogen) atoms. The van der Waals surface area contributed by atoms with Crippen molar-refractivity contribution in [1.82, 2.24) is 19.7 Å². The summed E-state index contributed by atoms with van der Waals surface area (Å²) in [6.45, 7) is 0.392. The van der Waals surface area contributed by atoms with Gasteiger partial charge in [0.05, 0.1) is 12.2 Å². The maximum Gasteiger partial charge on any atom is 0.268 e. The van der Waals surface area contributed by atoms with Crippen molar-refractivity contribution in [2.45, 2.75) is 6.54 Å². The van der Waals surface area contributed by atoms with E-state index in [2.05, 4.69) is 15.3 Å². The summed E-state index contributed by atoms with van der Waals surface area (Å²) < 4.78 is 1.94. The molecule has 7 heteroatoms. The third-order valence-electron chi connectivity index (χ3n) is 3.40. The highest BCUT2D eigenvalue weighted by Crippen LogP contribution is 2.20. The number of hydrogen-bond acceptors (Lipinski definition) is 3. The van der Waals surface area contributed by atoms with Crippen molar-refractivity contribution < 1.29 is 4.79 Å². The van der Waals surface area contributed by atoms with Crippen LogP contribution in [0.25, 0.3) is 15.9 Å². The molecule has 0 radical (unpaired) electrons. The average Bonchev–Trinajstić information content (AvgIpc) is 3.17. The van der Waals surface area contributed by atoms with Gasteiger partial charge >= 0.3 is 0 Å². The van der Waals surface area contributed by atoms with Gasteiger partial charge in [-0.2, -0.15) is 0 Å². The number of nitrogens with one attached hydrogen (secondary N) is 2. The second kappa shape index (κ2) is 5.15. The Hall–Kier alpha value is -2.31. The van der Waals surface area contributed by atoms with Gasteiger partial charge in [0.25, 0.3) is 5.91 Å². The largest absolute Gasteiger partial charge is 0.351 e. The quantitative estimate of drug-likeness (QED) is 0.604. The molecule has 1 amide bonds. The van der Waals surface area contributed by atoms with E-state index in [4.69, 9.17) is 11.6 Å². The Labute approximate surface area is 134 Å². The molecule has 0 saturated carbocycles. The van der Waals surface area contributed by atoms with Gasteiger partial charge in [0.1, 0.15) is 5.69 Å². The summed E-state index contributed by atoms with van der Waals surface area (Å²) in [6, 6.07) is 7.27. The fourth-order valence-electron chi connectivity index (χ4n) is 2.35. The van der Waals surface area contributed by atoms with E-state index in [0.717, 1.165) is 21.6 Å². The SMILES string of the molecule is O=C(NCc1cn2ccsc2n1)c1cc2cc(Cl)ccc2[nH]1. The van der Waals surface area contributed by atoms with Crippen LogP contribution in [0.4, 0.5) is 0 Å². The molecule has 0 unspecified atom stereocenters. The topological polar surface area (TPSA) is 62.2 Å². The van der Waals surface area contributed by atoms with Crippen LogP contribution in [0.15, 0.2) is 42.0 Å². The third-order valence-corrected chi connectivity index (χ3v) is 4.41. The van der Waals surface area contributed by atoms with Gasteiger partial charge in [0.2, 0.25) is 0 Å². The molecule has 0 atom stereocenters. The number of benzene rings is 1. The van der Waals surface area contributed by atoms with E-state index in [1.54, 1.807) is 23.5 Å². The molecule has 0 spiro atoms. The number of carbonyl (C=O) groups excluding carboxylic acids is 1. The Bertz CT molecular complexity index is 955. The Morgan fingerprint density at radius 3 is 3.18 bits per heavy atom. The van der Waals surface area contributed by atoms with Gasteiger partial charge in [-0.15, -0.1) is 11.3 Å². The zero-order chi connectivity index (χ0) is 15.1. The summed E-state index contributed by atoms with van der Waals surface area (Å²) in [5, 5.41) is 6.41. The van der Waals surface area contributed by atoms with Gasteiger partial charge in [-0.3, -0.25) is 9.20 Å². The molecule has 0 aliphatic heterocycles. The summed E-state index contributed by atoms with van der Waals surface area (Å²) in [6.07, 6.45) is 3.86. The zero-order valence-electron chi connectivity index (χ0n) is 11.3. The number of rotatable bonds is 3. The number of aromatic amines is 1. The van der Waals surface area contributed by atoms with Crippen LogP contribution < -0.4 is 5.32 Å². The summed E-state index contributed by atoms with van der Waals surface area (Å²) in [4.78, 5) is 20.7. The lowest BCUT2D eigenvalue weighted by molar-refractivity contribution is 0.0946. The predicted molar refractivity (Wildman–Crippen MR) is 87.5 cm³/mol. The predicted octanol–water partition coefficient (Wildman–Crippen LogP) is 3.46. The molecular weight excluding hydrogens is 320 g/mol. The van der Waals surface area contributed by atoms with Crippen LogP contribution in [0.2, 0.25) is 5.02 Å². The maximum absolute atomic E-state index is 12.2. The van der Waals surface area contributed by atoms with Crippen molar-refractivity contribution in [3.8, 4) is 0 Å². The first-order chi connectivity index (χ1) is 10.7. The van der Waals surface area contributed by atoms with Gasteiger partial charge in [0, 0.05) is 33.7 Å². The van der Waals surface area contributed by atoms with Gasteiger partial charge in [0.15, 0.2) is 4.96 Å². The number of carbonyl (C=O) groups is 1. The molecule has 2 N–H and O–H groups in total. The summed E-state index contributed by atoms with van der Waals surface area (Å²) in [7, 11) is 0. The van der Waals surface area contributed by atoms with Crippen molar-refractivity contribution in [1.29, 1.82) is 0 Å². The summed E-state index contributed by atoms with van der Waals surface area (Å²) in [5.41, 5.74) is 2.23. The number of imidazole rings is 1. The molecule has 5 nitrogen and oxygen atoms in total. The Balaban J connectivity index is 1.51. The monoisotopic (exact) mass is 330 g/mol. The molecule has 110 valence electrons. The van der Waals surface area contributed by atoms with Crippen molar-refractivity contribution in [2.24, 2.45) is 0 Å². The standard InChI is InChI=1S/C15H11ClN4OS/c16-10-1-2-12-9(5-10)6-13(19-12)14(21)17-7-11-8-20-3-4-22-15(20)18-11/h1-6,8,19H,7H2,(H,17,21). The number of nitrogens with zero attached hydrogens (tertiary/aromatic N) is 2. The molecular formula is C15H11ClN4OS. The van der Waals surface area contributed by atoms with Crippen LogP contribution in [-0.4, -0.2) is 20.3 Å². The van der Waals surface area contributed by atoms with Gasteiger partial charge in [-0.1, -0.05) is 11.6 Å². The molecule has 0 aliphatic rings. The highest BCUT2D eigenvalue weighted by atomic mass is 35.5. The van der Waals surface area contributed by atoms with E-state index in [9.17, 15) is 4.79 Å². The van der Waals surface area contributed by atoms with Crippen LogP contribution in [0.1, 0.15) is 16.2 Å². The molecule has 0 fully saturated rings. The third kappa shape index (κ3) is 2.36. The second-order valence-corrected chi connectivity index (χ2v) is 6.23. The molecule has 3 heterocycles. The van der Waals surface area contributed by atoms with E-state index in [1.165, 1.54) is 0 Å². The minimum absolute atomic E-state index is 0.163. The van der Waals surface area contributed by atoms with Crippen LogP contribution >= 0.6 is 22.9 Å². The molecule has 0 bridgehead atoms. The molecule has 0 saturated heterocycles. The molecule has 1 aromatic carbocycles. The molecule has 0 aliphatic carbocycles. The van der Waals surface area contributed by atoms with E-state index in [1.807, 2.05) is 34.3 Å². The summed E-state index contributed by atoms with van der Waals surface area (Å²) >= 11 is 7.52. The summed E-state index contributed by atoms with van der Waals surface area (Å²) in [5.74, 6) is -0.163. The van der Waals surface area contributed by atoms with Gasteiger partial charge in [-0.05, 0) is 24.3 Å². The van der Waals surface area contributed by atoms with Crippen molar-refractivity contribution >= 4 is 44.7 Å². The Kier molecular flexibility index (Phi) is 3.13. The number of hydrogen-bond donors (Lipinski definition) is 2. The minimum atomic E-state index is -0.163. The number of aromatic nitrogens is 3.